The predicted molar refractivity (Wildman–Crippen MR) is 63.6 cm³/mol. The first-order chi connectivity index (χ1) is 8.22. The Morgan fingerprint density at radius 3 is 2.71 bits per heavy atom. The lowest BCUT2D eigenvalue weighted by Crippen LogP contribution is -2.29. The topological polar surface area (TPSA) is 66.3 Å². The summed E-state index contributed by atoms with van der Waals surface area (Å²) in [5, 5.41) is 8.79. The second kappa shape index (κ2) is 4.88. The smallest absolute Gasteiger partial charge is 0.253 e. The third kappa shape index (κ3) is 2.39. The van der Waals surface area contributed by atoms with Gasteiger partial charge in [0, 0.05) is 31.5 Å². The highest BCUT2D eigenvalue weighted by Gasteiger charge is 2.11. The lowest BCUT2D eigenvalue weighted by Gasteiger charge is -2.15. The summed E-state index contributed by atoms with van der Waals surface area (Å²) in [5.41, 5.74) is 2.00. The summed E-state index contributed by atoms with van der Waals surface area (Å²) in [7, 11) is 1.65. The summed E-state index contributed by atoms with van der Waals surface area (Å²) >= 11 is 0. The average molecular weight is 231 g/mol. The zero-order valence-corrected chi connectivity index (χ0v) is 9.50. The number of aliphatic hydroxyl groups excluding tert-OH is 1. The highest BCUT2D eigenvalue weighted by atomic mass is 16.3. The van der Waals surface area contributed by atoms with Crippen molar-refractivity contribution < 1.29 is 9.90 Å². The molecule has 1 heterocycles. The van der Waals surface area contributed by atoms with Gasteiger partial charge in [0.2, 0.25) is 0 Å². The lowest BCUT2D eigenvalue weighted by atomic mass is 10.1. The lowest BCUT2D eigenvalue weighted by molar-refractivity contribution is 0.0767. The Balaban J connectivity index is 2.33. The molecule has 1 N–H and O–H groups in total. The van der Waals surface area contributed by atoms with Gasteiger partial charge in [-0.1, -0.05) is 0 Å². The van der Waals surface area contributed by atoms with Crippen molar-refractivity contribution in [3.63, 3.8) is 0 Å². The van der Waals surface area contributed by atoms with Crippen molar-refractivity contribution in [1.29, 1.82) is 0 Å². The molecule has 0 atom stereocenters. The van der Waals surface area contributed by atoms with E-state index in [2.05, 4.69) is 9.97 Å². The molecule has 5 nitrogen and oxygen atoms in total. The van der Waals surface area contributed by atoms with Crippen LogP contribution < -0.4 is 0 Å². The van der Waals surface area contributed by atoms with Gasteiger partial charge in [-0.3, -0.25) is 14.8 Å². The maximum Gasteiger partial charge on any atom is 0.253 e. The Morgan fingerprint density at radius 1 is 1.29 bits per heavy atom. The summed E-state index contributed by atoms with van der Waals surface area (Å²) in [6.45, 7) is 0.271. The molecule has 0 bridgehead atoms. The fourth-order valence-electron chi connectivity index (χ4n) is 1.57. The number of amides is 1. The fourth-order valence-corrected chi connectivity index (χ4v) is 1.57. The highest BCUT2D eigenvalue weighted by Crippen LogP contribution is 2.12. The van der Waals surface area contributed by atoms with Gasteiger partial charge in [-0.2, -0.15) is 0 Å². The number of nitrogens with zero attached hydrogens (tertiary/aromatic N) is 3. The van der Waals surface area contributed by atoms with Crippen molar-refractivity contribution in [3.05, 3.63) is 36.2 Å². The molecule has 0 aliphatic carbocycles. The minimum Gasteiger partial charge on any atom is -0.395 e. The number of likely N-dealkylation sites (N-methyl/N-ethyl adjacent to an activating group) is 1. The van der Waals surface area contributed by atoms with E-state index in [0.717, 1.165) is 5.52 Å². The SMILES string of the molecule is CN(CCO)C(=O)c1ccc2nccnc2c1. The number of fused-ring (bicyclic) bond motifs is 1. The molecule has 2 rings (SSSR count). The molecule has 0 radical (unpaired) electrons. The second-order valence-corrected chi connectivity index (χ2v) is 3.71. The molecule has 17 heavy (non-hydrogen) atoms. The number of carbonyl (C=O) groups is 1. The molecule has 0 saturated heterocycles. The van der Waals surface area contributed by atoms with Crippen molar-refractivity contribution in [1.82, 2.24) is 14.9 Å². The van der Waals surface area contributed by atoms with Crippen molar-refractivity contribution in [2.24, 2.45) is 0 Å². The Bertz CT molecular complexity index is 542. The molecule has 0 aliphatic rings. The number of hydrogen-bond acceptors (Lipinski definition) is 4. The summed E-state index contributed by atoms with van der Waals surface area (Å²) in [5.74, 6) is -0.133. The average Bonchev–Trinajstić information content (AvgIpc) is 2.37. The van der Waals surface area contributed by atoms with Crippen LogP contribution in [0, 0.1) is 0 Å². The predicted octanol–water partition coefficient (Wildman–Crippen LogP) is 0.694. The molecule has 2 aromatic rings. The number of rotatable bonds is 3. The zero-order chi connectivity index (χ0) is 12.3. The van der Waals surface area contributed by atoms with E-state index in [4.69, 9.17) is 5.11 Å². The Kier molecular flexibility index (Phi) is 3.30. The van der Waals surface area contributed by atoms with E-state index in [-0.39, 0.29) is 12.5 Å². The molecule has 1 aromatic carbocycles. The Labute approximate surface area is 98.7 Å². The minimum atomic E-state index is -0.133. The molecule has 5 heteroatoms. The molecule has 88 valence electrons. The van der Waals surface area contributed by atoms with Crippen LogP contribution in [-0.2, 0) is 0 Å². The zero-order valence-electron chi connectivity index (χ0n) is 9.50. The first-order valence-corrected chi connectivity index (χ1v) is 5.29. The number of carbonyl (C=O) groups excluding carboxylic acids is 1. The van der Waals surface area contributed by atoms with Gasteiger partial charge >= 0.3 is 0 Å². The van der Waals surface area contributed by atoms with Crippen molar-refractivity contribution in [3.8, 4) is 0 Å². The van der Waals surface area contributed by atoms with E-state index < -0.39 is 0 Å². The van der Waals surface area contributed by atoms with Crippen LogP contribution in [0.25, 0.3) is 11.0 Å². The molecule has 0 saturated carbocycles. The normalized spacial score (nSPS) is 10.5. The van der Waals surface area contributed by atoms with Gasteiger partial charge in [0.25, 0.3) is 5.91 Å². The van der Waals surface area contributed by atoms with Gasteiger partial charge < -0.3 is 10.0 Å². The number of benzene rings is 1. The van der Waals surface area contributed by atoms with E-state index in [1.54, 1.807) is 37.6 Å². The van der Waals surface area contributed by atoms with Crippen LogP contribution in [0.15, 0.2) is 30.6 Å². The monoisotopic (exact) mass is 231 g/mol. The van der Waals surface area contributed by atoms with Crippen LogP contribution in [0.3, 0.4) is 0 Å². The largest absolute Gasteiger partial charge is 0.395 e. The fraction of sp³-hybridized carbons (Fsp3) is 0.250. The van der Waals surface area contributed by atoms with Gasteiger partial charge in [0.15, 0.2) is 0 Å². The third-order valence-electron chi connectivity index (χ3n) is 2.50. The first-order valence-electron chi connectivity index (χ1n) is 5.29. The van der Waals surface area contributed by atoms with E-state index in [1.807, 2.05) is 0 Å². The molecule has 1 aromatic heterocycles. The van der Waals surface area contributed by atoms with Crippen LogP contribution in [0.4, 0.5) is 0 Å². The van der Waals surface area contributed by atoms with Gasteiger partial charge in [0.1, 0.15) is 0 Å². The number of hydrogen-bond donors (Lipinski definition) is 1. The second-order valence-electron chi connectivity index (χ2n) is 3.71. The molecule has 0 unspecified atom stereocenters. The highest BCUT2D eigenvalue weighted by molar-refractivity contribution is 5.97. The first kappa shape index (κ1) is 11.5. The van der Waals surface area contributed by atoms with Gasteiger partial charge in [-0.25, -0.2) is 0 Å². The summed E-state index contributed by atoms with van der Waals surface area (Å²) in [6.07, 6.45) is 3.20. The van der Waals surface area contributed by atoms with Crippen LogP contribution in [0.5, 0.6) is 0 Å². The molecule has 0 spiro atoms. The molecular formula is C12H13N3O2. The molecule has 1 amide bonds. The van der Waals surface area contributed by atoms with Crippen LogP contribution in [0.2, 0.25) is 0 Å². The van der Waals surface area contributed by atoms with Gasteiger partial charge in [-0.05, 0) is 18.2 Å². The summed E-state index contributed by atoms with van der Waals surface area (Å²) < 4.78 is 0. The standard InChI is InChI=1S/C12H13N3O2/c1-15(6-7-16)12(17)9-2-3-10-11(8-9)14-5-4-13-10/h2-5,8,16H,6-7H2,1H3. The van der Waals surface area contributed by atoms with Crippen LogP contribution in [-0.4, -0.2) is 46.1 Å². The van der Waals surface area contributed by atoms with Gasteiger partial charge in [0.05, 0.1) is 17.6 Å². The number of aliphatic hydroxyl groups is 1. The molecular weight excluding hydrogens is 218 g/mol. The van der Waals surface area contributed by atoms with Crippen molar-refractivity contribution in [2.75, 3.05) is 20.2 Å². The van der Waals surface area contributed by atoms with E-state index in [1.165, 1.54) is 4.90 Å². The molecule has 0 aliphatic heterocycles. The minimum absolute atomic E-state index is 0.0460. The van der Waals surface area contributed by atoms with Crippen molar-refractivity contribution >= 4 is 16.9 Å². The maximum absolute atomic E-state index is 11.9. The quantitative estimate of drug-likeness (QED) is 0.844. The van der Waals surface area contributed by atoms with Gasteiger partial charge in [-0.15, -0.1) is 0 Å². The summed E-state index contributed by atoms with van der Waals surface area (Å²) in [4.78, 5) is 21.7. The number of aromatic nitrogens is 2. The van der Waals surface area contributed by atoms with Crippen LogP contribution >= 0.6 is 0 Å². The Hall–Kier alpha value is -2.01. The maximum atomic E-state index is 11.9. The van der Waals surface area contributed by atoms with E-state index in [0.29, 0.717) is 17.6 Å². The van der Waals surface area contributed by atoms with E-state index in [9.17, 15) is 4.79 Å². The van der Waals surface area contributed by atoms with Crippen LogP contribution in [0.1, 0.15) is 10.4 Å². The Morgan fingerprint density at radius 2 is 2.00 bits per heavy atom. The third-order valence-corrected chi connectivity index (χ3v) is 2.50. The van der Waals surface area contributed by atoms with Crippen molar-refractivity contribution in [2.45, 2.75) is 0 Å². The van der Waals surface area contributed by atoms with E-state index >= 15 is 0 Å². The summed E-state index contributed by atoms with van der Waals surface area (Å²) in [6, 6.07) is 5.19. The molecule has 0 fully saturated rings.